The number of nitriles is 1. The summed E-state index contributed by atoms with van der Waals surface area (Å²) in [4.78, 5) is 1.34. The molecule has 0 aliphatic carbocycles. The summed E-state index contributed by atoms with van der Waals surface area (Å²) in [6, 6.07) is 4.20. The molecule has 1 N–H and O–H groups in total. The maximum Gasteiger partial charge on any atom is 0.0924 e. The standard InChI is InChI=1S/C9H11BrN2S/c1-7(5-11)12-3-2-9-4-8(10)6-13-9/h4,6-7,12H,2-3H2,1H3. The maximum atomic E-state index is 8.52. The SMILES string of the molecule is CC(C#N)NCCc1cc(Br)cs1. The first-order valence-corrected chi connectivity index (χ1v) is 5.75. The summed E-state index contributed by atoms with van der Waals surface area (Å²) in [7, 11) is 0. The van der Waals surface area contributed by atoms with Gasteiger partial charge in [0.1, 0.15) is 0 Å². The van der Waals surface area contributed by atoms with Crippen molar-refractivity contribution in [2.75, 3.05) is 6.54 Å². The van der Waals surface area contributed by atoms with Crippen molar-refractivity contribution in [2.24, 2.45) is 0 Å². The van der Waals surface area contributed by atoms with E-state index in [-0.39, 0.29) is 6.04 Å². The summed E-state index contributed by atoms with van der Waals surface area (Å²) in [6.45, 7) is 2.73. The molecule has 0 saturated carbocycles. The quantitative estimate of drug-likeness (QED) is 0.902. The van der Waals surface area contributed by atoms with E-state index in [0.29, 0.717) is 0 Å². The highest BCUT2D eigenvalue weighted by molar-refractivity contribution is 9.10. The van der Waals surface area contributed by atoms with E-state index in [4.69, 9.17) is 5.26 Å². The maximum absolute atomic E-state index is 8.52. The van der Waals surface area contributed by atoms with Crippen molar-refractivity contribution in [1.29, 1.82) is 5.26 Å². The van der Waals surface area contributed by atoms with Gasteiger partial charge in [-0.15, -0.1) is 11.3 Å². The number of nitrogens with zero attached hydrogens (tertiary/aromatic N) is 1. The fourth-order valence-corrected chi connectivity index (χ4v) is 2.40. The minimum absolute atomic E-state index is 0.0524. The average Bonchev–Trinajstić information content (AvgIpc) is 2.51. The highest BCUT2D eigenvalue weighted by Crippen LogP contribution is 2.19. The van der Waals surface area contributed by atoms with Gasteiger partial charge >= 0.3 is 0 Å². The van der Waals surface area contributed by atoms with Crippen LogP contribution in [0.2, 0.25) is 0 Å². The lowest BCUT2D eigenvalue weighted by molar-refractivity contribution is 0.643. The van der Waals surface area contributed by atoms with Crippen molar-refractivity contribution in [3.05, 3.63) is 20.8 Å². The van der Waals surface area contributed by atoms with Gasteiger partial charge in [-0.3, -0.25) is 0 Å². The summed E-state index contributed by atoms with van der Waals surface area (Å²) >= 11 is 5.14. The second kappa shape index (κ2) is 5.38. The van der Waals surface area contributed by atoms with Gasteiger partial charge in [0.25, 0.3) is 0 Å². The van der Waals surface area contributed by atoms with Crippen molar-refractivity contribution in [1.82, 2.24) is 5.32 Å². The zero-order valence-electron chi connectivity index (χ0n) is 7.38. The fourth-order valence-electron chi connectivity index (χ4n) is 0.942. The summed E-state index contributed by atoms with van der Waals surface area (Å²) in [5, 5.41) is 13.7. The topological polar surface area (TPSA) is 35.8 Å². The van der Waals surface area contributed by atoms with Crippen LogP contribution in [0.4, 0.5) is 0 Å². The van der Waals surface area contributed by atoms with E-state index in [2.05, 4.69) is 38.8 Å². The Morgan fingerprint density at radius 1 is 1.77 bits per heavy atom. The smallest absolute Gasteiger partial charge is 0.0924 e. The average molecular weight is 259 g/mol. The van der Waals surface area contributed by atoms with Gasteiger partial charge in [-0.25, -0.2) is 0 Å². The number of hydrogen-bond acceptors (Lipinski definition) is 3. The lowest BCUT2D eigenvalue weighted by Gasteiger charge is -2.03. The Morgan fingerprint density at radius 2 is 2.54 bits per heavy atom. The largest absolute Gasteiger partial charge is 0.302 e. The molecule has 1 atom stereocenters. The van der Waals surface area contributed by atoms with Gasteiger partial charge in [0, 0.05) is 21.3 Å². The van der Waals surface area contributed by atoms with E-state index >= 15 is 0 Å². The Bertz CT molecular complexity index is 303. The molecule has 0 spiro atoms. The van der Waals surface area contributed by atoms with Crippen LogP contribution in [0.15, 0.2) is 15.9 Å². The van der Waals surface area contributed by atoms with Gasteiger partial charge in [-0.05, 0) is 35.3 Å². The molecule has 2 nitrogen and oxygen atoms in total. The zero-order valence-corrected chi connectivity index (χ0v) is 9.78. The molecule has 1 rings (SSSR count). The summed E-state index contributed by atoms with van der Waals surface area (Å²) in [5.41, 5.74) is 0. The molecule has 0 fully saturated rings. The van der Waals surface area contributed by atoms with E-state index in [1.165, 1.54) is 4.88 Å². The van der Waals surface area contributed by atoms with Crippen molar-refractivity contribution >= 4 is 27.3 Å². The third kappa shape index (κ3) is 3.90. The number of nitrogens with one attached hydrogen (secondary N) is 1. The molecule has 1 heterocycles. The van der Waals surface area contributed by atoms with Crippen molar-refractivity contribution in [3.8, 4) is 6.07 Å². The highest BCUT2D eigenvalue weighted by Gasteiger charge is 1.99. The van der Waals surface area contributed by atoms with Crippen LogP contribution in [0, 0.1) is 11.3 Å². The Labute approximate surface area is 90.7 Å². The Balaban J connectivity index is 2.25. The van der Waals surface area contributed by atoms with Crippen molar-refractivity contribution in [3.63, 3.8) is 0 Å². The predicted octanol–water partition coefficient (Wildman–Crippen LogP) is 2.55. The van der Waals surface area contributed by atoms with E-state index in [1.54, 1.807) is 11.3 Å². The third-order valence-electron chi connectivity index (χ3n) is 1.64. The molecule has 1 aromatic heterocycles. The Kier molecular flexibility index (Phi) is 4.43. The van der Waals surface area contributed by atoms with Crippen LogP contribution < -0.4 is 5.32 Å². The van der Waals surface area contributed by atoms with Crippen molar-refractivity contribution < 1.29 is 0 Å². The minimum atomic E-state index is -0.0524. The molecule has 0 aliphatic rings. The van der Waals surface area contributed by atoms with E-state index in [1.807, 2.05) is 6.92 Å². The molecule has 0 aliphatic heterocycles. The van der Waals surface area contributed by atoms with Gasteiger partial charge in [0.15, 0.2) is 0 Å². The monoisotopic (exact) mass is 258 g/mol. The highest BCUT2D eigenvalue weighted by atomic mass is 79.9. The number of rotatable bonds is 4. The molecular formula is C9H11BrN2S. The summed E-state index contributed by atoms with van der Waals surface area (Å²) in [5.74, 6) is 0. The number of thiophene rings is 1. The second-order valence-electron chi connectivity index (χ2n) is 2.79. The first-order chi connectivity index (χ1) is 6.22. The molecule has 0 bridgehead atoms. The molecule has 0 amide bonds. The predicted molar refractivity (Wildman–Crippen MR) is 58.8 cm³/mol. The lowest BCUT2D eigenvalue weighted by atomic mass is 10.3. The van der Waals surface area contributed by atoms with Crippen LogP contribution in [0.3, 0.4) is 0 Å². The van der Waals surface area contributed by atoms with Crippen LogP contribution in [0.25, 0.3) is 0 Å². The molecule has 0 radical (unpaired) electrons. The molecule has 1 aromatic rings. The van der Waals surface area contributed by atoms with Crippen molar-refractivity contribution in [2.45, 2.75) is 19.4 Å². The van der Waals surface area contributed by atoms with Gasteiger partial charge < -0.3 is 5.32 Å². The normalized spacial score (nSPS) is 12.4. The minimum Gasteiger partial charge on any atom is -0.302 e. The molecule has 70 valence electrons. The third-order valence-corrected chi connectivity index (χ3v) is 3.39. The summed E-state index contributed by atoms with van der Waals surface area (Å²) in [6.07, 6.45) is 0.988. The van der Waals surface area contributed by atoms with Crippen LogP contribution in [0.5, 0.6) is 0 Å². The van der Waals surface area contributed by atoms with Crippen LogP contribution in [0.1, 0.15) is 11.8 Å². The van der Waals surface area contributed by atoms with Gasteiger partial charge in [-0.1, -0.05) is 0 Å². The first kappa shape index (κ1) is 10.7. The lowest BCUT2D eigenvalue weighted by Crippen LogP contribution is -2.26. The van der Waals surface area contributed by atoms with E-state index in [9.17, 15) is 0 Å². The number of halogens is 1. The Morgan fingerprint density at radius 3 is 3.08 bits per heavy atom. The van der Waals surface area contributed by atoms with Gasteiger partial charge in [-0.2, -0.15) is 5.26 Å². The fraction of sp³-hybridized carbons (Fsp3) is 0.444. The molecule has 0 aromatic carbocycles. The van der Waals surface area contributed by atoms with E-state index < -0.39 is 0 Å². The molecule has 13 heavy (non-hydrogen) atoms. The zero-order chi connectivity index (χ0) is 9.68. The second-order valence-corrected chi connectivity index (χ2v) is 4.70. The van der Waals surface area contributed by atoms with Gasteiger partial charge in [0.05, 0.1) is 12.1 Å². The number of hydrogen-bond donors (Lipinski definition) is 1. The first-order valence-electron chi connectivity index (χ1n) is 4.08. The van der Waals surface area contributed by atoms with Gasteiger partial charge in [0.2, 0.25) is 0 Å². The molecule has 0 saturated heterocycles. The van der Waals surface area contributed by atoms with Crippen LogP contribution in [-0.4, -0.2) is 12.6 Å². The molecule has 1 unspecified atom stereocenters. The Hall–Kier alpha value is -0.370. The van der Waals surface area contributed by atoms with Crippen LogP contribution >= 0.6 is 27.3 Å². The molecule has 4 heteroatoms. The molecular weight excluding hydrogens is 248 g/mol. The van der Waals surface area contributed by atoms with E-state index in [0.717, 1.165) is 17.4 Å². The summed E-state index contributed by atoms with van der Waals surface area (Å²) < 4.78 is 1.14. The van der Waals surface area contributed by atoms with Crippen LogP contribution in [-0.2, 0) is 6.42 Å².